The highest BCUT2D eigenvalue weighted by Gasteiger charge is 2.27. The largest absolute Gasteiger partial charge is 0.493 e. The molecule has 1 amide bonds. The lowest BCUT2D eigenvalue weighted by Gasteiger charge is -2.26. The second-order valence-corrected chi connectivity index (χ2v) is 14.0. The van der Waals surface area contributed by atoms with Crippen LogP contribution in [0.25, 0.3) is 0 Å². The van der Waals surface area contributed by atoms with Crippen LogP contribution in [0.4, 0.5) is 5.69 Å². The Morgan fingerprint density at radius 2 is 1.28 bits per heavy atom. The molecule has 2 aromatic carbocycles. The number of amides is 1. The van der Waals surface area contributed by atoms with E-state index < -0.39 is 0 Å². The molecule has 4 heteroatoms. The summed E-state index contributed by atoms with van der Waals surface area (Å²) in [6, 6.07) is 22.4. The van der Waals surface area contributed by atoms with Crippen molar-refractivity contribution in [2.24, 2.45) is 0 Å². The van der Waals surface area contributed by atoms with Gasteiger partial charge in [0.2, 0.25) is 0 Å². The summed E-state index contributed by atoms with van der Waals surface area (Å²) in [6.45, 7) is 13.2. The molecule has 3 aromatic rings. The quantitative estimate of drug-likeness (QED) is 0.0820. The van der Waals surface area contributed by atoms with Gasteiger partial charge in [0, 0.05) is 24.2 Å². The van der Waals surface area contributed by atoms with Crippen LogP contribution in [-0.2, 0) is 18.5 Å². The van der Waals surface area contributed by atoms with Crippen molar-refractivity contribution in [2.45, 2.75) is 149 Å². The molecule has 0 unspecified atom stereocenters. The fourth-order valence-electron chi connectivity index (χ4n) is 6.18. The molecule has 0 saturated carbocycles. The molecule has 1 heterocycles. The summed E-state index contributed by atoms with van der Waals surface area (Å²) < 4.78 is 8.45. The van der Waals surface area contributed by atoms with Crippen LogP contribution in [0.5, 0.6) is 5.75 Å². The third-order valence-corrected chi connectivity index (χ3v) is 8.89. The fourth-order valence-corrected chi connectivity index (χ4v) is 6.18. The number of hydrogen-bond acceptors (Lipinski definition) is 2. The summed E-state index contributed by atoms with van der Waals surface area (Å²) in [5, 5.41) is 0. The molecule has 0 aliphatic rings. The third-order valence-electron chi connectivity index (χ3n) is 8.89. The highest BCUT2D eigenvalue weighted by atomic mass is 16.5. The van der Waals surface area contributed by atoms with Crippen LogP contribution in [0, 0.1) is 0 Å². The van der Waals surface area contributed by atoms with E-state index in [1.54, 1.807) is 0 Å². The van der Waals surface area contributed by atoms with Crippen LogP contribution in [0.1, 0.15) is 153 Å². The molecule has 252 valence electrons. The van der Waals surface area contributed by atoms with Gasteiger partial charge >= 0.3 is 5.91 Å². The molecule has 0 aliphatic carbocycles. The number of carbonyl (C=O) groups excluding carboxylic acids is 1. The number of hydrogen-bond donors (Lipinski definition) is 0. The summed E-state index contributed by atoms with van der Waals surface area (Å²) >= 11 is 0. The van der Waals surface area contributed by atoms with Crippen molar-refractivity contribution in [3.63, 3.8) is 0 Å². The lowest BCUT2D eigenvalue weighted by molar-refractivity contribution is -0.698. The Morgan fingerprint density at radius 3 is 1.87 bits per heavy atom. The van der Waals surface area contributed by atoms with Gasteiger partial charge in [-0.15, -0.1) is 0 Å². The van der Waals surface area contributed by atoms with Gasteiger partial charge in [-0.2, -0.15) is 4.57 Å². The number of aromatic nitrogens is 1. The summed E-state index contributed by atoms with van der Waals surface area (Å²) in [6.07, 6.45) is 22.0. The second kappa shape index (κ2) is 20.9. The summed E-state index contributed by atoms with van der Waals surface area (Å²) in [7, 11) is 0. The standard InChI is InChI=1S/C42H63N2O2/c1-6-8-9-10-11-12-13-14-15-16-17-18-19-25-33-46-40-30-29-36(34-38(40)42(3,4)5)35-44(37-26-21-20-22-27-37)41(45)39-28-23-24-32-43(39)31-7-2/h20-24,26-30,32,34H,6-19,25,31,33,35H2,1-5H3/q+1. The van der Waals surface area contributed by atoms with Crippen molar-refractivity contribution in [3.8, 4) is 5.75 Å². The van der Waals surface area contributed by atoms with E-state index in [0.29, 0.717) is 12.2 Å². The van der Waals surface area contributed by atoms with Crippen molar-refractivity contribution >= 4 is 11.6 Å². The average Bonchev–Trinajstić information content (AvgIpc) is 3.06. The van der Waals surface area contributed by atoms with Crippen LogP contribution >= 0.6 is 0 Å². The number of benzene rings is 2. The number of pyridine rings is 1. The number of anilines is 1. The molecule has 0 spiro atoms. The number of carbonyl (C=O) groups is 1. The van der Waals surface area contributed by atoms with Crippen LogP contribution in [0.2, 0.25) is 0 Å². The van der Waals surface area contributed by atoms with Gasteiger partial charge in [0.1, 0.15) is 12.3 Å². The zero-order valence-electron chi connectivity index (χ0n) is 29.9. The molecular weight excluding hydrogens is 564 g/mol. The number of para-hydroxylation sites is 1. The first kappa shape index (κ1) is 37.3. The summed E-state index contributed by atoms with van der Waals surface area (Å²) in [5.74, 6) is 0.975. The van der Waals surface area contributed by atoms with Crippen molar-refractivity contribution in [1.29, 1.82) is 0 Å². The SMILES string of the molecule is CCCCCCCCCCCCCCCCOc1ccc(CN(C(=O)c2cccc[n+]2CCC)c2ccccc2)cc1C(C)(C)C. The second-order valence-electron chi connectivity index (χ2n) is 14.0. The molecule has 0 fully saturated rings. The number of unbranched alkanes of at least 4 members (excludes halogenated alkanes) is 13. The van der Waals surface area contributed by atoms with Crippen LogP contribution in [0.15, 0.2) is 72.9 Å². The Morgan fingerprint density at radius 1 is 0.696 bits per heavy atom. The van der Waals surface area contributed by atoms with Gasteiger partial charge in [-0.25, -0.2) is 0 Å². The predicted octanol–water partition coefficient (Wildman–Crippen LogP) is 11.4. The summed E-state index contributed by atoms with van der Waals surface area (Å²) in [4.78, 5) is 15.9. The number of rotatable bonds is 22. The molecule has 0 aliphatic heterocycles. The molecule has 0 saturated heterocycles. The highest BCUT2D eigenvalue weighted by molar-refractivity contribution is 6.03. The predicted molar refractivity (Wildman–Crippen MR) is 195 cm³/mol. The van der Waals surface area contributed by atoms with Gasteiger partial charge in [-0.05, 0) is 53.3 Å². The zero-order valence-corrected chi connectivity index (χ0v) is 29.9. The van der Waals surface area contributed by atoms with Gasteiger partial charge in [-0.1, -0.05) is 142 Å². The maximum atomic E-state index is 14.0. The van der Waals surface area contributed by atoms with Crippen molar-refractivity contribution in [2.75, 3.05) is 11.5 Å². The van der Waals surface area contributed by atoms with Crippen LogP contribution < -0.4 is 14.2 Å². The van der Waals surface area contributed by atoms with Crippen molar-refractivity contribution < 1.29 is 14.1 Å². The molecule has 0 radical (unpaired) electrons. The Kier molecular flexibility index (Phi) is 16.9. The average molecular weight is 628 g/mol. The summed E-state index contributed by atoms with van der Waals surface area (Å²) in [5.41, 5.74) is 3.82. The maximum Gasteiger partial charge on any atom is 0.323 e. The van der Waals surface area contributed by atoms with E-state index in [1.807, 2.05) is 59.6 Å². The first-order chi connectivity index (χ1) is 22.3. The third kappa shape index (κ3) is 12.9. The smallest absolute Gasteiger partial charge is 0.323 e. The minimum atomic E-state index is -0.0774. The maximum absolute atomic E-state index is 14.0. The van der Waals surface area contributed by atoms with Gasteiger partial charge in [0.25, 0.3) is 5.69 Å². The zero-order chi connectivity index (χ0) is 33.0. The Labute approximate surface area is 281 Å². The minimum absolute atomic E-state index is 0.00990. The molecular formula is C42H63N2O2+. The number of ether oxygens (including phenoxy) is 1. The molecule has 4 nitrogen and oxygen atoms in total. The molecule has 46 heavy (non-hydrogen) atoms. The van der Waals surface area contributed by atoms with Crippen LogP contribution in [0.3, 0.4) is 0 Å². The van der Waals surface area contributed by atoms with Gasteiger partial charge in [-0.3, -0.25) is 9.69 Å². The Balaban J connectivity index is 1.53. The van der Waals surface area contributed by atoms with Crippen molar-refractivity contribution in [3.05, 3.63) is 89.7 Å². The minimum Gasteiger partial charge on any atom is -0.493 e. The first-order valence-electron chi connectivity index (χ1n) is 18.5. The van der Waals surface area contributed by atoms with E-state index in [9.17, 15) is 4.79 Å². The van der Waals surface area contributed by atoms with Gasteiger partial charge in [0.15, 0.2) is 6.20 Å². The molecule has 3 rings (SSSR count). The van der Waals surface area contributed by atoms with E-state index in [-0.39, 0.29) is 11.3 Å². The van der Waals surface area contributed by atoms with Crippen LogP contribution in [-0.4, -0.2) is 12.5 Å². The lowest BCUT2D eigenvalue weighted by Crippen LogP contribution is -2.45. The molecule has 1 aromatic heterocycles. The van der Waals surface area contributed by atoms with Crippen molar-refractivity contribution in [1.82, 2.24) is 0 Å². The van der Waals surface area contributed by atoms with E-state index in [4.69, 9.17) is 4.74 Å². The number of aryl methyl sites for hydroxylation is 1. The van der Waals surface area contributed by atoms with E-state index in [0.717, 1.165) is 43.0 Å². The number of nitrogens with zero attached hydrogens (tertiary/aromatic N) is 2. The topological polar surface area (TPSA) is 33.4 Å². The molecule has 0 N–H and O–H groups in total. The van der Waals surface area contributed by atoms with E-state index in [2.05, 4.69) is 57.4 Å². The Hall–Kier alpha value is -3.14. The monoisotopic (exact) mass is 627 g/mol. The van der Waals surface area contributed by atoms with E-state index in [1.165, 1.54) is 89.0 Å². The van der Waals surface area contributed by atoms with Gasteiger partial charge in [0.05, 0.1) is 13.2 Å². The first-order valence-corrected chi connectivity index (χ1v) is 18.5. The highest BCUT2D eigenvalue weighted by Crippen LogP contribution is 2.33. The molecule has 0 atom stereocenters. The fraction of sp³-hybridized carbons (Fsp3) is 0.571. The Bertz CT molecular complexity index is 1260. The lowest BCUT2D eigenvalue weighted by atomic mass is 9.85. The normalized spacial score (nSPS) is 11.5. The molecule has 0 bridgehead atoms. The van der Waals surface area contributed by atoms with Gasteiger partial charge < -0.3 is 4.74 Å². The van der Waals surface area contributed by atoms with E-state index >= 15 is 0 Å².